The summed E-state index contributed by atoms with van der Waals surface area (Å²) in [7, 11) is 1.92. The number of hydrogen-bond donors (Lipinski definition) is 1. The van der Waals surface area contributed by atoms with Crippen molar-refractivity contribution in [3.63, 3.8) is 0 Å². The minimum Gasteiger partial charge on any atom is -0.391 e. The van der Waals surface area contributed by atoms with Gasteiger partial charge in [0.05, 0.1) is 29.5 Å². The molecule has 0 unspecified atom stereocenters. The van der Waals surface area contributed by atoms with Gasteiger partial charge in [0.2, 0.25) is 0 Å². The van der Waals surface area contributed by atoms with Crippen molar-refractivity contribution < 1.29 is 18.3 Å². The Hall–Kier alpha value is -3.20. The fraction of sp³-hybridized carbons (Fsp3) is 0.400. The molecule has 0 bridgehead atoms. The van der Waals surface area contributed by atoms with Crippen molar-refractivity contribution in [2.45, 2.75) is 50.4 Å². The zero-order valence-corrected chi connectivity index (χ0v) is 18.7. The monoisotopic (exact) mass is 470 g/mol. The van der Waals surface area contributed by atoms with E-state index in [2.05, 4.69) is 9.97 Å². The summed E-state index contributed by atoms with van der Waals surface area (Å²) in [4.78, 5) is 23.8. The topological polar surface area (TPSA) is 71.2 Å². The van der Waals surface area contributed by atoms with Crippen molar-refractivity contribution in [3.8, 4) is 0 Å². The Labute approximate surface area is 194 Å². The molecule has 3 aromatic rings. The molecule has 34 heavy (non-hydrogen) atoms. The molecule has 0 radical (unpaired) electrons. The van der Waals surface area contributed by atoms with Gasteiger partial charge in [0, 0.05) is 25.4 Å². The molecule has 0 amide bonds. The van der Waals surface area contributed by atoms with Gasteiger partial charge in [0.1, 0.15) is 11.2 Å². The standard InChI is InChI=1S/C25H25F3N4O2/c1-31-10-4-5-17-16(11-15-8-9-21(29-13-15)25(26,27)28)12-18-22(23(17)31)30-14-32(24(18)34)19-6-2-3-7-20(19)33/h4-5,8-9,12-14,19-20,33H,2-3,6-7,10-11H2,1H3/t19-,20-/m0/s1. The second kappa shape index (κ2) is 8.54. The van der Waals surface area contributed by atoms with Crippen molar-refractivity contribution in [2.24, 2.45) is 0 Å². The van der Waals surface area contributed by atoms with E-state index < -0.39 is 18.0 Å². The first-order valence-electron chi connectivity index (χ1n) is 11.4. The maximum atomic E-state index is 13.6. The minimum atomic E-state index is -4.49. The Bertz CT molecular complexity index is 1310. The Balaban J connectivity index is 1.63. The van der Waals surface area contributed by atoms with Crippen LogP contribution >= 0.6 is 0 Å². The summed E-state index contributed by atoms with van der Waals surface area (Å²) in [6.07, 6.45) is 5.22. The summed E-state index contributed by atoms with van der Waals surface area (Å²) in [5.41, 5.74) is 2.58. The fourth-order valence-electron chi connectivity index (χ4n) is 5.04. The molecule has 3 heterocycles. The first-order chi connectivity index (χ1) is 16.2. The third kappa shape index (κ3) is 3.98. The number of alkyl halides is 3. The van der Waals surface area contributed by atoms with Gasteiger partial charge in [-0.15, -0.1) is 0 Å². The van der Waals surface area contributed by atoms with E-state index in [9.17, 15) is 23.1 Å². The van der Waals surface area contributed by atoms with E-state index in [0.717, 1.165) is 35.7 Å². The van der Waals surface area contributed by atoms with E-state index in [0.29, 0.717) is 42.3 Å². The molecule has 0 spiro atoms. The quantitative estimate of drug-likeness (QED) is 0.617. The van der Waals surface area contributed by atoms with Crippen LogP contribution in [0, 0.1) is 0 Å². The second-order valence-corrected chi connectivity index (χ2v) is 9.08. The van der Waals surface area contributed by atoms with E-state index in [1.165, 1.54) is 18.6 Å². The van der Waals surface area contributed by atoms with Crippen molar-refractivity contribution in [1.29, 1.82) is 0 Å². The molecule has 1 aliphatic carbocycles. The molecular weight excluding hydrogens is 445 g/mol. The number of rotatable bonds is 3. The number of anilines is 1. The van der Waals surface area contributed by atoms with Crippen LogP contribution in [0.3, 0.4) is 0 Å². The maximum absolute atomic E-state index is 13.6. The van der Waals surface area contributed by atoms with E-state index in [1.54, 1.807) is 10.6 Å². The number of pyridine rings is 1. The van der Waals surface area contributed by atoms with E-state index in [-0.39, 0.29) is 11.6 Å². The van der Waals surface area contributed by atoms with Crippen LogP contribution in [-0.4, -0.2) is 39.3 Å². The first kappa shape index (κ1) is 22.6. The third-order valence-corrected chi connectivity index (χ3v) is 6.78. The van der Waals surface area contributed by atoms with Crippen LogP contribution in [0.25, 0.3) is 17.0 Å². The lowest BCUT2D eigenvalue weighted by Crippen LogP contribution is -2.35. The highest BCUT2D eigenvalue weighted by atomic mass is 19.4. The Morgan fingerprint density at radius 1 is 1.18 bits per heavy atom. The second-order valence-electron chi connectivity index (χ2n) is 9.08. The van der Waals surface area contributed by atoms with E-state index in [1.807, 2.05) is 24.1 Å². The molecule has 5 rings (SSSR count). The van der Waals surface area contributed by atoms with Crippen molar-refractivity contribution in [2.75, 3.05) is 18.5 Å². The summed E-state index contributed by atoms with van der Waals surface area (Å²) < 4.78 is 40.3. The molecule has 2 aromatic heterocycles. The highest BCUT2D eigenvalue weighted by molar-refractivity contribution is 5.97. The van der Waals surface area contributed by atoms with Crippen LogP contribution in [0.4, 0.5) is 18.9 Å². The molecule has 0 saturated heterocycles. The average molecular weight is 470 g/mol. The van der Waals surface area contributed by atoms with Gasteiger partial charge in [-0.1, -0.05) is 31.1 Å². The number of aromatic nitrogens is 3. The number of aliphatic hydroxyl groups is 1. The van der Waals surface area contributed by atoms with Gasteiger partial charge in [0.25, 0.3) is 5.56 Å². The van der Waals surface area contributed by atoms with Crippen molar-refractivity contribution in [3.05, 3.63) is 69.5 Å². The lowest BCUT2D eigenvalue weighted by Gasteiger charge is -2.30. The molecule has 9 heteroatoms. The van der Waals surface area contributed by atoms with Crippen LogP contribution in [0.1, 0.15) is 54.1 Å². The molecule has 1 fully saturated rings. The largest absolute Gasteiger partial charge is 0.433 e. The van der Waals surface area contributed by atoms with Gasteiger partial charge >= 0.3 is 6.18 Å². The molecule has 6 nitrogen and oxygen atoms in total. The highest BCUT2D eigenvalue weighted by Gasteiger charge is 2.32. The number of halogens is 3. The van der Waals surface area contributed by atoms with Gasteiger partial charge in [-0.3, -0.25) is 14.3 Å². The molecule has 1 aliphatic heterocycles. The van der Waals surface area contributed by atoms with Crippen LogP contribution in [0.5, 0.6) is 0 Å². The minimum absolute atomic E-state index is 0.214. The zero-order chi connectivity index (χ0) is 24.0. The zero-order valence-electron chi connectivity index (χ0n) is 18.7. The van der Waals surface area contributed by atoms with Gasteiger partial charge in [-0.2, -0.15) is 13.2 Å². The van der Waals surface area contributed by atoms with Crippen molar-refractivity contribution in [1.82, 2.24) is 14.5 Å². The molecule has 178 valence electrons. The van der Waals surface area contributed by atoms with Gasteiger partial charge in [0.15, 0.2) is 0 Å². The summed E-state index contributed by atoms with van der Waals surface area (Å²) in [6, 6.07) is 3.87. The van der Waals surface area contributed by atoms with Gasteiger partial charge in [-0.25, -0.2) is 4.98 Å². The number of hydrogen-bond acceptors (Lipinski definition) is 5. The summed E-state index contributed by atoms with van der Waals surface area (Å²) in [6.45, 7) is 0.652. The fourth-order valence-corrected chi connectivity index (χ4v) is 5.04. The Morgan fingerprint density at radius 2 is 1.97 bits per heavy atom. The normalized spacial score (nSPS) is 20.6. The lowest BCUT2D eigenvalue weighted by molar-refractivity contribution is -0.141. The average Bonchev–Trinajstić information content (AvgIpc) is 2.80. The molecule has 1 aromatic carbocycles. The van der Waals surface area contributed by atoms with Crippen LogP contribution < -0.4 is 10.5 Å². The number of likely N-dealkylation sites (N-methyl/N-ethyl adjacent to an activating group) is 1. The van der Waals surface area contributed by atoms with Gasteiger partial charge in [-0.05, 0) is 42.5 Å². The summed E-state index contributed by atoms with van der Waals surface area (Å²) >= 11 is 0. The molecule has 2 atom stereocenters. The van der Waals surface area contributed by atoms with Crippen LogP contribution in [0.15, 0.2) is 41.6 Å². The van der Waals surface area contributed by atoms with E-state index in [4.69, 9.17) is 0 Å². The molecule has 1 N–H and O–H groups in total. The van der Waals surface area contributed by atoms with Crippen LogP contribution in [0.2, 0.25) is 0 Å². The Kier molecular flexibility index (Phi) is 5.67. The molecule has 1 saturated carbocycles. The predicted molar refractivity (Wildman–Crippen MR) is 124 cm³/mol. The molecular formula is C25H25F3N4O2. The van der Waals surface area contributed by atoms with Crippen molar-refractivity contribution >= 4 is 22.7 Å². The third-order valence-electron chi connectivity index (χ3n) is 6.78. The Morgan fingerprint density at radius 3 is 2.68 bits per heavy atom. The number of benzene rings is 1. The summed E-state index contributed by atoms with van der Waals surface area (Å²) in [5, 5.41) is 10.9. The van der Waals surface area contributed by atoms with Gasteiger partial charge < -0.3 is 10.0 Å². The number of nitrogens with zero attached hydrogens (tertiary/aromatic N) is 4. The number of aliphatic hydroxyl groups excluding tert-OH is 1. The van der Waals surface area contributed by atoms with E-state index >= 15 is 0 Å². The predicted octanol–water partition coefficient (Wildman–Crippen LogP) is 4.34. The SMILES string of the molecule is CN1CC=Cc2c(Cc3ccc(C(F)(F)F)nc3)cc3c(=O)n([C@H]4CCCC[C@@H]4O)cnc3c21. The highest BCUT2D eigenvalue weighted by Crippen LogP contribution is 2.36. The molecule has 2 aliphatic rings. The maximum Gasteiger partial charge on any atom is 0.433 e. The summed E-state index contributed by atoms with van der Waals surface area (Å²) in [5.74, 6) is 0. The lowest BCUT2D eigenvalue weighted by atomic mass is 9.92. The first-order valence-corrected chi connectivity index (χ1v) is 11.4. The smallest absolute Gasteiger partial charge is 0.391 e. The van der Waals surface area contributed by atoms with Crippen LogP contribution in [-0.2, 0) is 12.6 Å². The number of fused-ring (bicyclic) bond motifs is 3.